The molecule has 0 amide bonds. The average Bonchev–Trinajstić information content (AvgIpc) is 2.77. The van der Waals surface area contributed by atoms with Gasteiger partial charge in [0.15, 0.2) is 11.5 Å². The van der Waals surface area contributed by atoms with Crippen LogP contribution in [-0.4, -0.2) is 37.2 Å². The Morgan fingerprint density at radius 2 is 1.71 bits per heavy atom. The molecule has 2 aliphatic rings. The van der Waals surface area contributed by atoms with Gasteiger partial charge < -0.3 is 15.2 Å². The van der Waals surface area contributed by atoms with E-state index in [1.165, 1.54) is 18.4 Å². The van der Waals surface area contributed by atoms with Crippen molar-refractivity contribution < 1.29 is 9.47 Å². The Morgan fingerprint density at radius 1 is 1.10 bits per heavy atom. The number of methoxy groups -OCH3 is 2. The summed E-state index contributed by atoms with van der Waals surface area (Å²) in [7, 11) is 3.36. The highest BCUT2D eigenvalue weighted by molar-refractivity contribution is 5.43. The maximum Gasteiger partial charge on any atom is 0.161 e. The summed E-state index contributed by atoms with van der Waals surface area (Å²) in [5, 5.41) is 0. The summed E-state index contributed by atoms with van der Waals surface area (Å²) < 4.78 is 10.8. The molecule has 116 valence electrons. The highest BCUT2D eigenvalue weighted by Gasteiger charge is 2.42. The first-order chi connectivity index (χ1) is 10.1. The molecule has 2 bridgehead atoms. The van der Waals surface area contributed by atoms with Gasteiger partial charge in [-0.15, -0.1) is 0 Å². The molecule has 1 aromatic rings. The zero-order valence-electron chi connectivity index (χ0n) is 13.2. The van der Waals surface area contributed by atoms with Gasteiger partial charge in [-0.2, -0.15) is 0 Å². The van der Waals surface area contributed by atoms with Crippen molar-refractivity contribution in [1.82, 2.24) is 4.90 Å². The van der Waals surface area contributed by atoms with Crippen molar-refractivity contribution in [2.75, 3.05) is 14.2 Å². The van der Waals surface area contributed by atoms with E-state index in [4.69, 9.17) is 15.2 Å². The molecule has 1 aromatic carbocycles. The van der Waals surface area contributed by atoms with Crippen LogP contribution in [0.1, 0.15) is 44.2 Å². The topological polar surface area (TPSA) is 47.7 Å². The third kappa shape index (κ3) is 2.62. The number of piperidine rings is 1. The zero-order chi connectivity index (χ0) is 15.0. The molecule has 2 heterocycles. The van der Waals surface area contributed by atoms with E-state index < -0.39 is 0 Å². The first-order valence-electron chi connectivity index (χ1n) is 7.89. The Morgan fingerprint density at radius 3 is 2.29 bits per heavy atom. The number of ether oxygens (including phenoxy) is 2. The molecule has 2 fully saturated rings. The molecule has 0 aliphatic carbocycles. The fourth-order valence-corrected chi connectivity index (χ4v) is 4.17. The molecule has 2 N–H and O–H groups in total. The van der Waals surface area contributed by atoms with Gasteiger partial charge in [0.05, 0.1) is 14.2 Å². The smallest absolute Gasteiger partial charge is 0.161 e. The van der Waals surface area contributed by atoms with Crippen molar-refractivity contribution in [1.29, 1.82) is 0 Å². The minimum atomic E-state index is 0.386. The molecule has 3 rings (SSSR count). The second-order valence-electron chi connectivity index (χ2n) is 6.35. The van der Waals surface area contributed by atoms with Gasteiger partial charge in [0, 0.05) is 24.2 Å². The summed E-state index contributed by atoms with van der Waals surface area (Å²) in [4.78, 5) is 2.67. The number of hydrogen-bond donors (Lipinski definition) is 1. The highest BCUT2D eigenvalue weighted by Crippen LogP contribution is 2.42. The van der Waals surface area contributed by atoms with Crippen LogP contribution in [0.4, 0.5) is 0 Å². The van der Waals surface area contributed by atoms with Crippen molar-refractivity contribution in [3.63, 3.8) is 0 Å². The van der Waals surface area contributed by atoms with Crippen LogP contribution in [0, 0.1) is 0 Å². The maximum absolute atomic E-state index is 6.18. The molecule has 0 radical (unpaired) electrons. The first-order valence-corrected chi connectivity index (χ1v) is 7.89. The standard InChI is InChI=1S/C17H26N2O2/c1-11(12-4-7-16(20-2)17(8-12)21-3)19-14-5-6-15(19)10-13(18)9-14/h4,7-8,11,13-15H,5-6,9-10,18H2,1-3H3. The van der Waals surface area contributed by atoms with Crippen LogP contribution in [0.15, 0.2) is 18.2 Å². The van der Waals surface area contributed by atoms with E-state index in [1.807, 2.05) is 6.07 Å². The molecule has 2 aliphatic heterocycles. The number of nitrogens with zero attached hydrogens (tertiary/aromatic N) is 1. The Labute approximate surface area is 127 Å². The van der Waals surface area contributed by atoms with E-state index >= 15 is 0 Å². The molecular formula is C17H26N2O2. The van der Waals surface area contributed by atoms with Crippen LogP contribution in [0.25, 0.3) is 0 Å². The molecule has 3 unspecified atom stereocenters. The van der Waals surface area contributed by atoms with E-state index in [0.717, 1.165) is 24.3 Å². The van der Waals surface area contributed by atoms with Gasteiger partial charge >= 0.3 is 0 Å². The van der Waals surface area contributed by atoms with E-state index in [0.29, 0.717) is 24.2 Å². The minimum Gasteiger partial charge on any atom is -0.493 e. The van der Waals surface area contributed by atoms with Crippen LogP contribution in [-0.2, 0) is 0 Å². The van der Waals surface area contributed by atoms with Crippen LogP contribution in [0.5, 0.6) is 11.5 Å². The summed E-state index contributed by atoms with van der Waals surface area (Å²) in [5.74, 6) is 1.60. The monoisotopic (exact) mass is 290 g/mol. The van der Waals surface area contributed by atoms with Gasteiger partial charge in [0.1, 0.15) is 0 Å². The Bertz CT molecular complexity index is 492. The Kier molecular flexibility index (Phi) is 4.09. The van der Waals surface area contributed by atoms with Gasteiger partial charge in [-0.05, 0) is 50.3 Å². The van der Waals surface area contributed by atoms with E-state index in [-0.39, 0.29) is 0 Å². The van der Waals surface area contributed by atoms with Crippen LogP contribution < -0.4 is 15.2 Å². The summed E-state index contributed by atoms with van der Waals surface area (Å²) >= 11 is 0. The summed E-state index contributed by atoms with van der Waals surface area (Å²) in [6.07, 6.45) is 4.84. The van der Waals surface area contributed by atoms with Gasteiger partial charge in [-0.3, -0.25) is 4.90 Å². The predicted octanol–water partition coefficient (Wildman–Crippen LogP) is 2.72. The lowest BCUT2D eigenvalue weighted by molar-refractivity contribution is 0.0852. The third-order valence-electron chi connectivity index (χ3n) is 5.16. The highest BCUT2D eigenvalue weighted by atomic mass is 16.5. The molecule has 21 heavy (non-hydrogen) atoms. The zero-order valence-corrected chi connectivity index (χ0v) is 13.2. The largest absolute Gasteiger partial charge is 0.493 e. The van der Waals surface area contributed by atoms with Gasteiger partial charge in [0.25, 0.3) is 0 Å². The molecule has 4 nitrogen and oxygen atoms in total. The lowest BCUT2D eigenvalue weighted by Crippen LogP contribution is -2.48. The number of hydrogen-bond acceptors (Lipinski definition) is 4. The Balaban J connectivity index is 1.84. The fraction of sp³-hybridized carbons (Fsp3) is 0.647. The van der Waals surface area contributed by atoms with Crippen molar-refractivity contribution in [3.8, 4) is 11.5 Å². The SMILES string of the molecule is COc1ccc(C(C)N2C3CCC2CC(N)C3)cc1OC. The predicted molar refractivity (Wildman–Crippen MR) is 83.8 cm³/mol. The van der Waals surface area contributed by atoms with E-state index in [9.17, 15) is 0 Å². The van der Waals surface area contributed by atoms with Crippen molar-refractivity contribution in [2.45, 2.75) is 56.8 Å². The molecule has 3 atom stereocenters. The molecule has 0 aromatic heterocycles. The lowest BCUT2D eigenvalue weighted by Gasteiger charge is -2.41. The second kappa shape index (κ2) is 5.85. The molecule has 2 saturated heterocycles. The Hall–Kier alpha value is -1.26. The fourth-order valence-electron chi connectivity index (χ4n) is 4.17. The number of fused-ring (bicyclic) bond motifs is 2. The second-order valence-corrected chi connectivity index (χ2v) is 6.35. The van der Waals surface area contributed by atoms with Gasteiger partial charge in [-0.1, -0.05) is 6.07 Å². The quantitative estimate of drug-likeness (QED) is 0.926. The normalized spacial score (nSPS) is 30.2. The number of benzene rings is 1. The van der Waals surface area contributed by atoms with E-state index in [2.05, 4.69) is 24.0 Å². The molecular weight excluding hydrogens is 264 g/mol. The lowest BCUT2D eigenvalue weighted by atomic mass is 9.94. The average molecular weight is 290 g/mol. The van der Waals surface area contributed by atoms with Crippen LogP contribution >= 0.6 is 0 Å². The number of rotatable bonds is 4. The van der Waals surface area contributed by atoms with Gasteiger partial charge in [0.2, 0.25) is 0 Å². The molecule has 4 heteroatoms. The molecule has 0 spiro atoms. The third-order valence-corrected chi connectivity index (χ3v) is 5.16. The minimum absolute atomic E-state index is 0.386. The van der Waals surface area contributed by atoms with Crippen LogP contribution in [0.2, 0.25) is 0 Å². The van der Waals surface area contributed by atoms with Crippen LogP contribution in [0.3, 0.4) is 0 Å². The van der Waals surface area contributed by atoms with Crippen molar-refractivity contribution in [2.24, 2.45) is 5.73 Å². The molecule has 0 saturated carbocycles. The van der Waals surface area contributed by atoms with Crippen molar-refractivity contribution in [3.05, 3.63) is 23.8 Å². The summed E-state index contributed by atoms with van der Waals surface area (Å²) in [5.41, 5.74) is 7.47. The first kappa shape index (κ1) is 14.7. The van der Waals surface area contributed by atoms with E-state index in [1.54, 1.807) is 14.2 Å². The summed E-state index contributed by atoms with van der Waals surface area (Å²) in [6.45, 7) is 2.30. The van der Waals surface area contributed by atoms with Gasteiger partial charge in [-0.25, -0.2) is 0 Å². The van der Waals surface area contributed by atoms with Crippen molar-refractivity contribution >= 4 is 0 Å². The number of nitrogens with two attached hydrogens (primary N) is 1. The maximum atomic E-state index is 6.18. The summed E-state index contributed by atoms with van der Waals surface area (Å²) in [6, 6.07) is 8.33.